The third-order valence-electron chi connectivity index (χ3n) is 11.5. The van der Waals surface area contributed by atoms with Crippen LogP contribution >= 0.6 is 0 Å². The molecular formula is C34H50O3. The fourth-order valence-corrected chi connectivity index (χ4v) is 9.51. The van der Waals surface area contributed by atoms with Gasteiger partial charge in [-0.1, -0.05) is 77.7 Å². The lowest BCUT2D eigenvalue weighted by Gasteiger charge is -2.59. The quantitative estimate of drug-likeness (QED) is 0.299. The molecule has 204 valence electrons. The maximum Gasteiger partial charge on any atom is 0.338 e. The van der Waals surface area contributed by atoms with Crippen molar-refractivity contribution in [3.8, 4) is 0 Å². The zero-order valence-corrected chi connectivity index (χ0v) is 23.9. The Bertz CT molecular complexity index is 982. The first-order chi connectivity index (χ1) is 17.6. The van der Waals surface area contributed by atoms with Crippen LogP contribution in [-0.2, 0) is 4.74 Å². The van der Waals surface area contributed by atoms with Crippen LogP contribution in [0.5, 0.6) is 0 Å². The molecule has 0 bridgehead atoms. The van der Waals surface area contributed by atoms with Crippen molar-refractivity contribution in [1.29, 1.82) is 0 Å². The normalized spacial score (nSPS) is 39.8. The molecule has 0 spiro atoms. The molecule has 0 amide bonds. The molecule has 4 aliphatic rings. The smallest absolute Gasteiger partial charge is 0.338 e. The fourth-order valence-electron chi connectivity index (χ4n) is 9.51. The first-order valence-electron chi connectivity index (χ1n) is 15.3. The molecule has 3 fully saturated rings. The lowest BCUT2D eigenvalue weighted by atomic mass is 9.46. The van der Waals surface area contributed by atoms with Gasteiger partial charge in [0.25, 0.3) is 0 Å². The van der Waals surface area contributed by atoms with Gasteiger partial charge in [0.05, 0.1) is 11.7 Å². The van der Waals surface area contributed by atoms with Gasteiger partial charge < -0.3 is 9.84 Å². The molecule has 0 heterocycles. The Labute approximate surface area is 225 Å². The summed E-state index contributed by atoms with van der Waals surface area (Å²) in [6, 6.07) is 9.48. The lowest BCUT2D eigenvalue weighted by molar-refractivity contribution is -0.101. The van der Waals surface area contributed by atoms with Gasteiger partial charge in [-0.15, -0.1) is 0 Å². The largest absolute Gasteiger partial charge is 0.454 e. The van der Waals surface area contributed by atoms with E-state index in [-0.39, 0.29) is 23.6 Å². The number of benzene rings is 1. The van der Waals surface area contributed by atoms with Gasteiger partial charge in [0.2, 0.25) is 0 Å². The van der Waals surface area contributed by atoms with Crippen LogP contribution in [0.1, 0.15) is 109 Å². The highest BCUT2D eigenvalue weighted by molar-refractivity contribution is 5.89. The topological polar surface area (TPSA) is 46.5 Å². The molecule has 9 atom stereocenters. The summed E-state index contributed by atoms with van der Waals surface area (Å²) >= 11 is 0. The van der Waals surface area contributed by atoms with Crippen molar-refractivity contribution < 1.29 is 14.6 Å². The summed E-state index contributed by atoms with van der Waals surface area (Å²) in [5.74, 6) is 3.61. The number of ether oxygens (including phenoxy) is 1. The molecule has 0 saturated heterocycles. The van der Waals surface area contributed by atoms with Crippen molar-refractivity contribution in [2.24, 2.45) is 46.3 Å². The molecule has 5 rings (SSSR count). The molecule has 0 radical (unpaired) electrons. The number of rotatable bonds is 7. The first-order valence-corrected chi connectivity index (χ1v) is 15.3. The van der Waals surface area contributed by atoms with E-state index < -0.39 is 0 Å². The van der Waals surface area contributed by atoms with E-state index in [1.165, 1.54) is 50.5 Å². The van der Waals surface area contributed by atoms with E-state index >= 15 is 0 Å². The summed E-state index contributed by atoms with van der Waals surface area (Å²) in [5, 5.41) is 10.5. The SMILES string of the molecule is CC(C)CCC[C@@H](C)[C@@H]1CC[C@@H]2[C@@H]3[C@@H](CC[C@@]21C)[C@@]1(C)CC[C@H](O)CC1=C[C@H]3OC(=O)c1ccccc1. The Morgan fingerprint density at radius 1 is 1.00 bits per heavy atom. The number of aliphatic hydroxyl groups excluding tert-OH is 1. The molecule has 0 aromatic heterocycles. The average Bonchev–Trinajstić information content (AvgIpc) is 3.22. The summed E-state index contributed by atoms with van der Waals surface area (Å²) in [6.07, 6.45) is 13.6. The van der Waals surface area contributed by atoms with Gasteiger partial charge in [-0.05, 0) is 104 Å². The highest BCUT2D eigenvalue weighted by Crippen LogP contribution is 2.67. The zero-order chi connectivity index (χ0) is 26.4. The second-order valence-electron chi connectivity index (χ2n) is 14.1. The number of hydrogen-bond donors (Lipinski definition) is 1. The van der Waals surface area contributed by atoms with Crippen molar-refractivity contribution >= 4 is 5.97 Å². The Balaban J connectivity index is 1.44. The third-order valence-corrected chi connectivity index (χ3v) is 11.5. The van der Waals surface area contributed by atoms with E-state index in [9.17, 15) is 9.90 Å². The molecule has 3 saturated carbocycles. The van der Waals surface area contributed by atoms with E-state index in [0.29, 0.717) is 28.7 Å². The van der Waals surface area contributed by atoms with E-state index in [2.05, 4.69) is 40.7 Å². The Hall–Kier alpha value is -1.61. The number of carbonyl (C=O) groups excluding carboxylic acids is 1. The maximum absolute atomic E-state index is 13.3. The van der Waals surface area contributed by atoms with Crippen molar-refractivity contribution in [3.63, 3.8) is 0 Å². The minimum absolute atomic E-state index is 0.127. The molecule has 0 unspecified atom stereocenters. The van der Waals surface area contributed by atoms with Crippen molar-refractivity contribution in [2.75, 3.05) is 0 Å². The fraction of sp³-hybridized carbons (Fsp3) is 0.735. The van der Waals surface area contributed by atoms with Gasteiger partial charge in [0.1, 0.15) is 6.10 Å². The second-order valence-corrected chi connectivity index (χ2v) is 14.1. The molecule has 3 heteroatoms. The minimum Gasteiger partial charge on any atom is -0.454 e. The molecule has 1 aromatic rings. The van der Waals surface area contributed by atoms with Gasteiger partial charge in [-0.3, -0.25) is 0 Å². The van der Waals surface area contributed by atoms with Crippen molar-refractivity contribution in [2.45, 2.75) is 111 Å². The van der Waals surface area contributed by atoms with Gasteiger partial charge in [0.15, 0.2) is 0 Å². The van der Waals surface area contributed by atoms with Crippen LogP contribution in [0.4, 0.5) is 0 Å². The van der Waals surface area contributed by atoms with Crippen molar-refractivity contribution in [3.05, 3.63) is 47.5 Å². The average molecular weight is 507 g/mol. The second kappa shape index (κ2) is 10.5. The Kier molecular flexibility index (Phi) is 7.66. The zero-order valence-electron chi connectivity index (χ0n) is 23.9. The van der Waals surface area contributed by atoms with E-state index in [1.54, 1.807) is 0 Å². The van der Waals surface area contributed by atoms with E-state index in [0.717, 1.165) is 37.0 Å². The van der Waals surface area contributed by atoms with Gasteiger partial charge in [0, 0.05) is 5.92 Å². The summed E-state index contributed by atoms with van der Waals surface area (Å²) in [4.78, 5) is 13.3. The lowest BCUT2D eigenvalue weighted by Crippen LogP contribution is -2.55. The first kappa shape index (κ1) is 27.0. The summed E-state index contributed by atoms with van der Waals surface area (Å²) in [6.45, 7) is 12.2. The highest BCUT2D eigenvalue weighted by Gasteiger charge is 2.62. The van der Waals surface area contributed by atoms with E-state index in [4.69, 9.17) is 4.74 Å². The summed E-state index contributed by atoms with van der Waals surface area (Å²) in [7, 11) is 0. The van der Waals surface area contributed by atoms with Gasteiger partial charge in [-0.25, -0.2) is 4.79 Å². The summed E-state index contributed by atoms with van der Waals surface area (Å²) in [5.41, 5.74) is 2.43. The molecule has 0 aliphatic heterocycles. The van der Waals surface area contributed by atoms with Crippen LogP contribution in [0.3, 0.4) is 0 Å². The molecule has 1 N–H and O–H groups in total. The standard InChI is InChI=1S/C34H50O3/c1-22(2)10-9-11-23(3)27-14-15-28-31-29(17-19-34(27,28)5)33(4)18-16-26(35)20-25(33)21-30(31)37-32(36)24-12-7-6-8-13-24/h6-8,12-13,21-23,26-31,35H,9-11,14-20H2,1-5H3/t23-,26+,27+,28-,29-,30-,31-,33+,34-/m1/s1. The molecular weight excluding hydrogens is 456 g/mol. The van der Waals surface area contributed by atoms with Crippen LogP contribution in [0, 0.1) is 46.3 Å². The van der Waals surface area contributed by atoms with Crippen LogP contribution in [0.15, 0.2) is 42.0 Å². The van der Waals surface area contributed by atoms with E-state index in [1.807, 2.05) is 30.3 Å². The number of fused-ring (bicyclic) bond motifs is 5. The Morgan fingerprint density at radius 2 is 1.76 bits per heavy atom. The predicted octanol–water partition coefficient (Wildman–Crippen LogP) is 8.22. The third kappa shape index (κ3) is 4.95. The predicted molar refractivity (Wildman–Crippen MR) is 150 cm³/mol. The maximum atomic E-state index is 13.3. The molecule has 37 heavy (non-hydrogen) atoms. The molecule has 3 nitrogen and oxygen atoms in total. The molecule has 1 aromatic carbocycles. The Morgan fingerprint density at radius 3 is 2.49 bits per heavy atom. The molecule has 4 aliphatic carbocycles. The van der Waals surface area contributed by atoms with Crippen molar-refractivity contribution in [1.82, 2.24) is 0 Å². The van der Waals surface area contributed by atoms with Crippen LogP contribution in [0.25, 0.3) is 0 Å². The number of esters is 1. The van der Waals surface area contributed by atoms with Crippen LogP contribution in [0.2, 0.25) is 0 Å². The number of carbonyl (C=O) groups is 1. The van der Waals surface area contributed by atoms with Crippen LogP contribution < -0.4 is 0 Å². The highest BCUT2D eigenvalue weighted by atomic mass is 16.5. The monoisotopic (exact) mass is 506 g/mol. The van der Waals surface area contributed by atoms with Gasteiger partial charge >= 0.3 is 5.97 Å². The van der Waals surface area contributed by atoms with Gasteiger partial charge in [-0.2, -0.15) is 0 Å². The van der Waals surface area contributed by atoms with Crippen LogP contribution in [-0.4, -0.2) is 23.3 Å². The number of hydrogen-bond acceptors (Lipinski definition) is 3. The number of aliphatic hydroxyl groups is 1. The summed E-state index contributed by atoms with van der Waals surface area (Å²) < 4.78 is 6.42. The minimum atomic E-state index is -0.266.